The number of aromatic nitrogens is 1. The second kappa shape index (κ2) is 7.20. The van der Waals surface area contributed by atoms with Crippen molar-refractivity contribution in [2.24, 2.45) is 0 Å². The first-order valence-electron chi connectivity index (χ1n) is 7.23. The van der Waals surface area contributed by atoms with E-state index in [1.165, 1.54) is 11.3 Å². The number of methoxy groups -OCH3 is 1. The number of carbonyl (C=O) groups is 1. The molecule has 1 fully saturated rings. The van der Waals surface area contributed by atoms with Gasteiger partial charge in [-0.1, -0.05) is 18.3 Å². The fraction of sp³-hybridized carbons (Fsp3) is 0.714. The van der Waals surface area contributed by atoms with Crippen LogP contribution in [0.4, 0.5) is 5.13 Å². The molecule has 1 aliphatic heterocycles. The molecule has 2 rings (SSSR count). The summed E-state index contributed by atoms with van der Waals surface area (Å²) in [6, 6.07) is 0.376. The van der Waals surface area contributed by atoms with Crippen LogP contribution in [-0.4, -0.2) is 60.8 Å². The van der Waals surface area contributed by atoms with Gasteiger partial charge < -0.3 is 19.6 Å². The molecular formula is C14H23N3O3S. The molecule has 0 amide bonds. The Morgan fingerprint density at radius 1 is 1.52 bits per heavy atom. The van der Waals surface area contributed by atoms with Gasteiger partial charge in [0.25, 0.3) is 0 Å². The molecule has 0 aliphatic carbocycles. The maximum Gasteiger partial charge on any atom is 0.347 e. The normalized spacial score (nSPS) is 20.5. The summed E-state index contributed by atoms with van der Waals surface area (Å²) in [4.78, 5) is 20.8. The molecule has 6 nitrogen and oxygen atoms in total. The first-order valence-corrected chi connectivity index (χ1v) is 8.05. The van der Waals surface area contributed by atoms with Crippen LogP contribution in [0.15, 0.2) is 0 Å². The molecule has 1 aromatic rings. The number of ether oxygens (including phenoxy) is 1. The zero-order chi connectivity index (χ0) is 15.4. The Morgan fingerprint density at radius 3 is 2.90 bits per heavy atom. The van der Waals surface area contributed by atoms with Gasteiger partial charge in [0.2, 0.25) is 0 Å². The van der Waals surface area contributed by atoms with Gasteiger partial charge in [-0.3, -0.25) is 0 Å². The van der Waals surface area contributed by atoms with Crippen LogP contribution in [0.5, 0.6) is 0 Å². The molecule has 118 valence electrons. The molecule has 0 saturated carbocycles. The lowest BCUT2D eigenvalue weighted by molar-refractivity contribution is 0.0697. The highest BCUT2D eigenvalue weighted by Crippen LogP contribution is 2.30. The number of carboxylic acids is 1. The Labute approximate surface area is 129 Å². The molecular weight excluding hydrogens is 290 g/mol. The monoisotopic (exact) mass is 313 g/mol. The average molecular weight is 313 g/mol. The third-order valence-electron chi connectivity index (χ3n) is 3.78. The minimum atomic E-state index is -0.925. The Morgan fingerprint density at radius 2 is 2.29 bits per heavy atom. The highest BCUT2D eigenvalue weighted by Gasteiger charge is 2.27. The van der Waals surface area contributed by atoms with Gasteiger partial charge in [-0.2, -0.15) is 0 Å². The van der Waals surface area contributed by atoms with E-state index in [9.17, 15) is 9.90 Å². The van der Waals surface area contributed by atoms with E-state index in [2.05, 4.69) is 28.8 Å². The number of hydrogen-bond acceptors (Lipinski definition) is 6. The van der Waals surface area contributed by atoms with Crippen molar-refractivity contribution in [3.8, 4) is 0 Å². The van der Waals surface area contributed by atoms with Gasteiger partial charge >= 0.3 is 5.97 Å². The van der Waals surface area contributed by atoms with Crippen molar-refractivity contribution in [3.05, 3.63) is 10.6 Å². The summed E-state index contributed by atoms with van der Waals surface area (Å²) in [6.45, 7) is 5.37. The van der Waals surface area contributed by atoms with Gasteiger partial charge in [-0.15, -0.1) is 0 Å². The Balaban J connectivity index is 2.30. The number of nitrogens with zero attached hydrogens (tertiary/aromatic N) is 3. The summed E-state index contributed by atoms with van der Waals surface area (Å²) in [6.07, 6.45) is 2.08. The molecule has 21 heavy (non-hydrogen) atoms. The van der Waals surface area contributed by atoms with E-state index in [4.69, 9.17) is 4.74 Å². The summed E-state index contributed by atoms with van der Waals surface area (Å²) in [5, 5.41) is 10.1. The number of rotatable bonds is 5. The van der Waals surface area contributed by atoms with Crippen LogP contribution in [0.3, 0.4) is 0 Å². The second-order valence-electron chi connectivity index (χ2n) is 5.38. The highest BCUT2D eigenvalue weighted by atomic mass is 32.1. The molecule has 1 N–H and O–H groups in total. The van der Waals surface area contributed by atoms with Crippen LogP contribution >= 0.6 is 11.3 Å². The summed E-state index contributed by atoms with van der Waals surface area (Å²) < 4.78 is 5.07. The summed E-state index contributed by atoms with van der Waals surface area (Å²) in [7, 11) is 3.69. The number of carboxylic acid groups (broad SMARTS) is 1. The van der Waals surface area contributed by atoms with Crippen molar-refractivity contribution >= 4 is 22.4 Å². The van der Waals surface area contributed by atoms with Crippen molar-refractivity contribution in [3.63, 3.8) is 0 Å². The van der Waals surface area contributed by atoms with Crippen LogP contribution in [0, 0.1) is 0 Å². The van der Waals surface area contributed by atoms with Crippen LogP contribution in [-0.2, 0) is 11.3 Å². The SMILES string of the molecule is CCC1CN(C)CCCN1c1nc(COC)c(C(=O)O)s1. The molecule has 2 heterocycles. The lowest BCUT2D eigenvalue weighted by Gasteiger charge is -2.29. The summed E-state index contributed by atoms with van der Waals surface area (Å²) in [5.74, 6) is -0.925. The van der Waals surface area contributed by atoms with Gasteiger partial charge in [-0.25, -0.2) is 9.78 Å². The molecule has 7 heteroatoms. The minimum Gasteiger partial charge on any atom is -0.477 e. The van der Waals surface area contributed by atoms with Gasteiger partial charge in [-0.05, 0) is 26.4 Å². The molecule has 0 spiro atoms. The maximum absolute atomic E-state index is 11.4. The summed E-state index contributed by atoms with van der Waals surface area (Å²) >= 11 is 1.26. The first kappa shape index (κ1) is 16.2. The summed E-state index contributed by atoms with van der Waals surface area (Å²) in [5.41, 5.74) is 0.525. The zero-order valence-corrected chi connectivity index (χ0v) is 13.7. The Kier molecular flexibility index (Phi) is 5.55. The molecule has 1 aromatic heterocycles. The van der Waals surface area contributed by atoms with E-state index in [0.717, 1.165) is 37.6 Å². The number of thiazole rings is 1. The molecule has 1 unspecified atom stereocenters. The number of anilines is 1. The zero-order valence-electron chi connectivity index (χ0n) is 12.8. The third-order valence-corrected chi connectivity index (χ3v) is 4.90. The van der Waals surface area contributed by atoms with E-state index in [1.54, 1.807) is 7.11 Å². The number of hydrogen-bond donors (Lipinski definition) is 1. The van der Waals surface area contributed by atoms with Crippen molar-refractivity contribution < 1.29 is 14.6 Å². The van der Waals surface area contributed by atoms with E-state index in [0.29, 0.717) is 16.6 Å². The fourth-order valence-electron chi connectivity index (χ4n) is 2.71. The number of aromatic carboxylic acids is 1. The van der Waals surface area contributed by atoms with Crippen LogP contribution in [0.25, 0.3) is 0 Å². The van der Waals surface area contributed by atoms with Gasteiger partial charge in [0.15, 0.2) is 5.13 Å². The largest absolute Gasteiger partial charge is 0.477 e. The highest BCUT2D eigenvalue weighted by molar-refractivity contribution is 7.17. The minimum absolute atomic E-state index is 0.239. The Hall–Kier alpha value is -1.18. The Bertz CT molecular complexity index is 492. The third kappa shape index (κ3) is 3.72. The van der Waals surface area contributed by atoms with Crippen molar-refractivity contribution in [1.82, 2.24) is 9.88 Å². The van der Waals surface area contributed by atoms with Crippen LogP contribution in [0.2, 0.25) is 0 Å². The van der Waals surface area contributed by atoms with E-state index in [-0.39, 0.29) is 6.61 Å². The van der Waals surface area contributed by atoms with Gasteiger partial charge in [0.05, 0.1) is 12.3 Å². The first-order chi connectivity index (χ1) is 10.1. The second-order valence-corrected chi connectivity index (χ2v) is 6.36. The van der Waals surface area contributed by atoms with Crippen LogP contribution < -0.4 is 4.90 Å². The van der Waals surface area contributed by atoms with Gasteiger partial charge in [0.1, 0.15) is 4.88 Å². The van der Waals surface area contributed by atoms with Crippen LogP contribution in [0.1, 0.15) is 35.1 Å². The van der Waals surface area contributed by atoms with Crippen molar-refractivity contribution in [2.45, 2.75) is 32.4 Å². The number of likely N-dealkylation sites (N-methyl/N-ethyl adjacent to an activating group) is 1. The topological polar surface area (TPSA) is 65.9 Å². The maximum atomic E-state index is 11.4. The van der Waals surface area contributed by atoms with Crippen molar-refractivity contribution in [2.75, 3.05) is 38.7 Å². The van der Waals surface area contributed by atoms with E-state index >= 15 is 0 Å². The van der Waals surface area contributed by atoms with Crippen molar-refractivity contribution in [1.29, 1.82) is 0 Å². The molecule has 0 bridgehead atoms. The molecule has 1 aliphatic rings. The standard InChI is InChI=1S/C14H23N3O3S/c1-4-10-8-16(2)6-5-7-17(10)14-15-11(9-20-3)12(21-14)13(18)19/h10H,4-9H2,1-3H3,(H,18,19). The lowest BCUT2D eigenvalue weighted by atomic mass is 10.2. The quantitative estimate of drug-likeness (QED) is 0.896. The predicted molar refractivity (Wildman–Crippen MR) is 83.3 cm³/mol. The van der Waals surface area contributed by atoms with E-state index in [1.807, 2.05) is 0 Å². The molecule has 1 atom stereocenters. The molecule has 0 radical (unpaired) electrons. The lowest BCUT2D eigenvalue weighted by Crippen LogP contribution is -2.39. The average Bonchev–Trinajstić information content (AvgIpc) is 2.76. The molecule has 1 saturated heterocycles. The fourth-order valence-corrected chi connectivity index (χ4v) is 3.71. The van der Waals surface area contributed by atoms with Gasteiger partial charge in [0, 0.05) is 26.2 Å². The molecule has 0 aromatic carbocycles. The van der Waals surface area contributed by atoms with E-state index < -0.39 is 5.97 Å². The smallest absolute Gasteiger partial charge is 0.347 e. The predicted octanol–water partition coefficient (Wildman–Crippen LogP) is 1.91.